The summed E-state index contributed by atoms with van der Waals surface area (Å²) in [5.74, 6) is 0.0686. The SMILES string of the molecule is C=CC(F)F.CN(CCO)Cc1ccc(C(=O)NN(c2nc(C#N)ncc2Cl)C2CCCC2)cc1. The number of nitriles is 1. The van der Waals surface area contributed by atoms with Crippen LogP contribution in [0.3, 0.4) is 0 Å². The molecule has 0 radical (unpaired) electrons. The molecule has 3 rings (SSSR count). The molecule has 1 aromatic heterocycles. The van der Waals surface area contributed by atoms with E-state index < -0.39 is 6.43 Å². The number of rotatable bonds is 9. The topological polar surface area (TPSA) is 105 Å². The zero-order valence-corrected chi connectivity index (χ0v) is 20.3. The molecule has 1 aromatic carbocycles. The quantitative estimate of drug-likeness (QED) is 0.392. The molecule has 1 heterocycles. The monoisotopic (exact) mass is 506 g/mol. The van der Waals surface area contributed by atoms with Gasteiger partial charge in [-0.05, 0) is 43.7 Å². The summed E-state index contributed by atoms with van der Waals surface area (Å²) in [5, 5.41) is 20.1. The van der Waals surface area contributed by atoms with Crippen molar-refractivity contribution >= 4 is 23.3 Å². The Morgan fingerprint density at radius 3 is 2.54 bits per heavy atom. The van der Waals surface area contributed by atoms with Gasteiger partial charge in [-0.25, -0.2) is 13.8 Å². The lowest BCUT2D eigenvalue weighted by atomic mass is 10.1. The number of halogens is 3. The highest BCUT2D eigenvalue weighted by Gasteiger charge is 2.28. The number of aliphatic hydroxyl groups excluding tert-OH is 1. The van der Waals surface area contributed by atoms with Crippen molar-refractivity contribution < 1.29 is 18.7 Å². The molecule has 11 heteroatoms. The van der Waals surface area contributed by atoms with Crippen molar-refractivity contribution in [2.45, 2.75) is 44.7 Å². The van der Waals surface area contributed by atoms with Crippen LogP contribution in [0.4, 0.5) is 14.6 Å². The second-order valence-corrected chi connectivity index (χ2v) is 8.36. The van der Waals surface area contributed by atoms with Gasteiger partial charge in [-0.15, -0.1) is 0 Å². The van der Waals surface area contributed by atoms with E-state index in [0.717, 1.165) is 31.2 Å². The average Bonchev–Trinajstić information content (AvgIpc) is 3.38. The molecule has 1 aliphatic rings. The summed E-state index contributed by atoms with van der Waals surface area (Å²) in [4.78, 5) is 23.1. The summed E-state index contributed by atoms with van der Waals surface area (Å²) in [6, 6.07) is 9.31. The zero-order chi connectivity index (χ0) is 25.8. The number of alkyl halides is 2. The van der Waals surface area contributed by atoms with E-state index in [2.05, 4.69) is 22.0 Å². The van der Waals surface area contributed by atoms with Crippen LogP contribution >= 0.6 is 11.6 Å². The van der Waals surface area contributed by atoms with Gasteiger partial charge in [0.05, 0.1) is 18.8 Å². The van der Waals surface area contributed by atoms with E-state index in [0.29, 0.717) is 30.5 Å². The maximum Gasteiger partial charge on any atom is 0.269 e. The highest BCUT2D eigenvalue weighted by atomic mass is 35.5. The molecule has 8 nitrogen and oxygen atoms in total. The number of anilines is 1. The molecular weight excluding hydrogens is 478 g/mol. The predicted molar refractivity (Wildman–Crippen MR) is 130 cm³/mol. The molecule has 0 spiro atoms. The van der Waals surface area contributed by atoms with Crippen LogP contribution in [0.2, 0.25) is 5.02 Å². The van der Waals surface area contributed by atoms with Gasteiger partial charge in [0.15, 0.2) is 5.82 Å². The zero-order valence-electron chi connectivity index (χ0n) is 19.5. The number of benzene rings is 1. The van der Waals surface area contributed by atoms with Gasteiger partial charge in [0.1, 0.15) is 11.1 Å². The predicted octanol–water partition coefficient (Wildman–Crippen LogP) is 3.96. The van der Waals surface area contributed by atoms with Crippen LogP contribution in [0.5, 0.6) is 0 Å². The van der Waals surface area contributed by atoms with Crippen LogP contribution in [-0.2, 0) is 6.54 Å². The van der Waals surface area contributed by atoms with Crippen molar-refractivity contribution in [3.63, 3.8) is 0 Å². The lowest BCUT2D eigenvalue weighted by molar-refractivity contribution is 0.0944. The molecule has 2 aromatic rings. The Hall–Kier alpha value is -3.13. The van der Waals surface area contributed by atoms with E-state index in [1.54, 1.807) is 17.1 Å². The summed E-state index contributed by atoms with van der Waals surface area (Å²) in [6.45, 7) is 4.19. The van der Waals surface area contributed by atoms with Gasteiger partial charge < -0.3 is 5.11 Å². The van der Waals surface area contributed by atoms with Gasteiger partial charge in [-0.2, -0.15) is 10.2 Å². The van der Waals surface area contributed by atoms with Crippen LogP contribution in [0.15, 0.2) is 43.1 Å². The Labute approximate surface area is 208 Å². The first-order valence-electron chi connectivity index (χ1n) is 11.1. The van der Waals surface area contributed by atoms with E-state index >= 15 is 0 Å². The first-order valence-corrected chi connectivity index (χ1v) is 11.5. The van der Waals surface area contributed by atoms with E-state index in [-0.39, 0.29) is 29.4 Å². The van der Waals surface area contributed by atoms with Crippen LogP contribution in [0.1, 0.15) is 47.4 Å². The van der Waals surface area contributed by atoms with Crippen molar-refractivity contribution in [2.75, 3.05) is 25.2 Å². The molecule has 188 valence electrons. The third-order valence-corrected chi connectivity index (χ3v) is 5.56. The largest absolute Gasteiger partial charge is 0.395 e. The minimum atomic E-state index is -2.35. The van der Waals surface area contributed by atoms with Crippen LogP contribution in [-0.4, -0.2) is 58.5 Å². The van der Waals surface area contributed by atoms with Crippen molar-refractivity contribution in [2.24, 2.45) is 0 Å². The minimum absolute atomic E-state index is 0.00278. The molecule has 0 aliphatic heterocycles. The number of aromatic nitrogens is 2. The lowest BCUT2D eigenvalue weighted by Crippen LogP contribution is -2.48. The Bertz CT molecular complexity index is 1010. The fourth-order valence-electron chi connectivity index (χ4n) is 3.56. The van der Waals surface area contributed by atoms with Gasteiger partial charge >= 0.3 is 0 Å². The molecule has 1 saturated carbocycles. The summed E-state index contributed by atoms with van der Waals surface area (Å²) in [7, 11) is 1.93. The van der Waals surface area contributed by atoms with Crippen LogP contribution in [0.25, 0.3) is 0 Å². The molecule has 0 bridgehead atoms. The molecule has 0 unspecified atom stereocenters. The van der Waals surface area contributed by atoms with E-state index in [1.807, 2.05) is 30.1 Å². The molecule has 0 atom stereocenters. The third-order valence-electron chi connectivity index (χ3n) is 5.29. The molecule has 0 saturated heterocycles. The fourth-order valence-corrected chi connectivity index (χ4v) is 3.74. The second-order valence-electron chi connectivity index (χ2n) is 7.95. The van der Waals surface area contributed by atoms with Crippen molar-refractivity contribution in [3.8, 4) is 6.07 Å². The Balaban J connectivity index is 0.000000784. The van der Waals surface area contributed by atoms with Crippen molar-refractivity contribution in [1.82, 2.24) is 20.3 Å². The number of nitrogens with zero attached hydrogens (tertiary/aromatic N) is 5. The highest BCUT2D eigenvalue weighted by molar-refractivity contribution is 6.32. The Morgan fingerprint density at radius 2 is 2.00 bits per heavy atom. The number of hydrogen-bond acceptors (Lipinski definition) is 7. The normalized spacial score (nSPS) is 13.2. The number of hydrogen-bond donors (Lipinski definition) is 2. The number of nitrogens with one attached hydrogen (secondary N) is 1. The second kappa shape index (κ2) is 14.3. The number of aliphatic hydroxyl groups is 1. The maximum atomic E-state index is 12.9. The van der Waals surface area contributed by atoms with E-state index in [1.165, 1.54) is 6.20 Å². The Morgan fingerprint density at radius 1 is 1.37 bits per heavy atom. The van der Waals surface area contributed by atoms with Gasteiger partial charge in [-0.3, -0.25) is 20.1 Å². The van der Waals surface area contributed by atoms with Gasteiger partial charge in [-0.1, -0.05) is 43.2 Å². The van der Waals surface area contributed by atoms with Crippen molar-refractivity contribution in [1.29, 1.82) is 5.26 Å². The third kappa shape index (κ3) is 8.87. The maximum absolute atomic E-state index is 12.9. The summed E-state index contributed by atoms with van der Waals surface area (Å²) < 4.78 is 21.3. The minimum Gasteiger partial charge on any atom is -0.395 e. The summed E-state index contributed by atoms with van der Waals surface area (Å²) >= 11 is 6.30. The molecule has 1 amide bonds. The molecule has 1 aliphatic carbocycles. The molecule has 35 heavy (non-hydrogen) atoms. The Kier molecular flexibility index (Phi) is 11.5. The van der Waals surface area contributed by atoms with E-state index in [9.17, 15) is 13.6 Å². The number of allylic oxidation sites excluding steroid dienone is 1. The molecule has 1 fully saturated rings. The standard InChI is InChI=1S/C21H25ClN6O2.C3H4F2/c1-27(10-11-29)14-15-6-8-16(9-7-15)21(30)26-28(17-4-2-3-5-17)20-18(22)13-24-19(12-23)25-20;1-2-3(4)5/h6-9,13,17,29H,2-5,10-11,14H2,1H3,(H,26,30);2-3H,1H2. The van der Waals surface area contributed by atoms with Crippen LogP contribution < -0.4 is 10.4 Å². The number of hydrazine groups is 1. The number of carbonyl (C=O) groups is 1. The van der Waals surface area contributed by atoms with Gasteiger partial charge in [0.25, 0.3) is 12.3 Å². The summed E-state index contributed by atoms with van der Waals surface area (Å²) in [6.07, 6.45) is 3.53. The van der Waals surface area contributed by atoms with Gasteiger partial charge in [0.2, 0.25) is 5.82 Å². The van der Waals surface area contributed by atoms with Crippen molar-refractivity contribution in [3.05, 3.63) is 65.1 Å². The molecule has 2 N–H and O–H groups in total. The van der Waals surface area contributed by atoms with Gasteiger partial charge in [0, 0.05) is 18.7 Å². The average molecular weight is 507 g/mol. The number of amides is 1. The first-order chi connectivity index (χ1) is 16.8. The fraction of sp³-hybridized carbons (Fsp3) is 0.417. The molecular formula is C24H29ClF2N6O2. The van der Waals surface area contributed by atoms with E-state index in [4.69, 9.17) is 22.0 Å². The highest BCUT2D eigenvalue weighted by Crippen LogP contribution is 2.30. The first kappa shape index (κ1) is 28.1. The van der Waals surface area contributed by atoms with Crippen LogP contribution in [0, 0.1) is 11.3 Å². The number of likely N-dealkylation sites (N-methyl/N-ethyl adjacent to an activating group) is 1. The number of carbonyl (C=O) groups excluding carboxylic acids is 1. The lowest BCUT2D eigenvalue weighted by Gasteiger charge is -2.30. The summed E-state index contributed by atoms with van der Waals surface area (Å²) in [5.41, 5.74) is 4.49. The smallest absolute Gasteiger partial charge is 0.269 e.